The van der Waals surface area contributed by atoms with Crippen LogP contribution in [0.1, 0.15) is 80.4 Å². The minimum atomic E-state index is -2.18. The average molecular weight is 1820 g/mol. The second kappa shape index (κ2) is 34.3. The molecule has 0 amide bonds. The first-order valence-electron chi connectivity index (χ1n) is 47.8. The van der Waals surface area contributed by atoms with Crippen molar-refractivity contribution in [1.82, 2.24) is 59.7 Å². The number of anilines is 16. The molecule has 5 aliphatic heterocycles. The first-order valence-corrected chi connectivity index (χ1v) is 46.3. The molecule has 14 aromatic heterocycles. The van der Waals surface area contributed by atoms with Crippen molar-refractivity contribution in [2.45, 2.75) is 120 Å². The molecule has 26 heteroatoms. The third-order valence-corrected chi connectivity index (χ3v) is 26.8. The molecule has 0 N–H and O–H groups in total. The van der Waals surface area contributed by atoms with Crippen molar-refractivity contribution in [2.75, 3.05) is 51.1 Å². The van der Waals surface area contributed by atoms with E-state index in [-0.39, 0.29) is 30.8 Å². The van der Waals surface area contributed by atoms with Crippen LogP contribution in [0, 0.1) is 34.6 Å². The molecule has 5 aliphatic rings. The third-order valence-electron chi connectivity index (χ3n) is 26.8. The molecule has 26 nitrogen and oxygen atoms in total. The topological polar surface area (TPSA) is 240 Å². The van der Waals surface area contributed by atoms with Crippen LogP contribution in [0.5, 0.6) is 0 Å². The van der Waals surface area contributed by atoms with E-state index in [0.717, 1.165) is 201 Å². The molecule has 0 aliphatic carbocycles. The maximum atomic E-state index is 7.66. The van der Waals surface area contributed by atoms with Crippen molar-refractivity contribution in [3.8, 4) is 0 Å². The second-order valence-corrected chi connectivity index (χ2v) is 35.3. The summed E-state index contributed by atoms with van der Waals surface area (Å²) in [6.45, 7) is 23.2. The predicted molar refractivity (Wildman–Crippen MR) is 552 cm³/mol. The Balaban J connectivity index is 0.0000000984. The Bertz CT molecular complexity index is 8100. The third kappa shape index (κ3) is 13.9. The van der Waals surface area contributed by atoms with E-state index in [4.69, 9.17) is 41.1 Å². The Morgan fingerprint density at radius 2 is 0.529 bits per heavy atom. The smallest absolute Gasteiger partial charge is 0.227 e. The van der Waals surface area contributed by atoms with Crippen LogP contribution in [0.3, 0.4) is 0 Å². The van der Waals surface area contributed by atoms with Gasteiger partial charge in [0, 0.05) is 169 Å². The van der Waals surface area contributed by atoms with Gasteiger partial charge in [-0.25, -0.2) is 54.8 Å². The molecule has 0 saturated carbocycles. The summed E-state index contributed by atoms with van der Waals surface area (Å²) >= 11 is 0. The van der Waals surface area contributed by atoms with Gasteiger partial charge in [-0.3, -0.25) is 14.7 Å². The van der Waals surface area contributed by atoms with Gasteiger partial charge in [0.25, 0.3) is 0 Å². The zero-order chi connectivity index (χ0) is 96.5. The monoisotopic (exact) mass is 1820 g/mol. The first-order chi connectivity index (χ1) is 68.7. The fourth-order valence-corrected chi connectivity index (χ4v) is 20.6. The highest BCUT2D eigenvalue weighted by molar-refractivity contribution is 6.15. The lowest BCUT2D eigenvalue weighted by Crippen LogP contribution is -2.42. The van der Waals surface area contributed by atoms with Crippen molar-refractivity contribution >= 4 is 202 Å². The number of furan rings is 5. The molecule has 138 heavy (non-hydrogen) atoms. The molecule has 0 fully saturated rings. The zero-order valence-corrected chi connectivity index (χ0v) is 77.9. The average Bonchev–Trinajstić information content (AvgIpc) is 1.57. The maximum absolute atomic E-state index is 7.66. The lowest BCUT2D eigenvalue weighted by Gasteiger charge is -2.32. The normalized spacial score (nSPS) is 16.8. The Kier molecular flexibility index (Phi) is 20.3. The molecule has 0 radical (unpaired) electrons. The number of rotatable bonds is 9. The lowest BCUT2D eigenvalue weighted by atomic mass is 10.1. The highest BCUT2D eigenvalue weighted by Crippen LogP contribution is 2.55. The van der Waals surface area contributed by atoms with Crippen LogP contribution in [0.15, 0.2) is 339 Å². The molecule has 5 atom stereocenters. The molecule has 0 saturated heterocycles. The summed E-state index contributed by atoms with van der Waals surface area (Å²) in [4.78, 5) is 71.6. The molecular weight excluding hydrogens is 1720 g/mol. The molecule has 19 heterocycles. The van der Waals surface area contributed by atoms with Crippen molar-refractivity contribution in [2.24, 2.45) is 0 Å². The number of hydrogen-bond donors (Lipinski definition) is 0. The van der Waals surface area contributed by atoms with Crippen LogP contribution in [0.25, 0.3) is 110 Å². The quantitative estimate of drug-likeness (QED) is 0.130. The van der Waals surface area contributed by atoms with Crippen LogP contribution in [0.2, 0.25) is 0 Å². The summed E-state index contributed by atoms with van der Waals surface area (Å²) in [6, 6.07) is 80.6. The molecule has 27 rings (SSSR count). The van der Waals surface area contributed by atoms with E-state index in [0.29, 0.717) is 34.6 Å². The Morgan fingerprint density at radius 3 is 0.913 bits per heavy atom. The van der Waals surface area contributed by atoms with Crippen LogP contribution in [-0.2, 0) is 0 Å². The minimum absolute atomic E-state index is 0.0303. The molecular formula is C112H97N21O5. The Hall–Kier alpha value is -17.3. The van der Waals surface area contributed by atoms with E-state index in [2.05, 4.69) is 288 Å². The number of pyridine rings is 7. The zero-order valence-electron chi connectivity index (χ0n) is 80.9. The van der Waals surface area contributed by atoms with Gasteiger partial charge >= 0.3 is 0 Å². The molecule has 22 aromatic rings. The number of aromatic nitrogens is 11. The summed E-state index contributed by atoms with van der Waals surface area (Å²) in [5, 5.41) is 10.3. The fraction of sp³-hybridized carbons (Fsp3) is 0.170. The Morgan fingerprint density at radius 1 is 0.246 bits per heavy atom. The number of benzene rings is 8. The first kappa shape index (κ1) is 81.5. The molecule has 0 spiro atoms. The van der Waals surface area contributed by atoms with E-state index < -0.39 is 6.98 Å². The van der Waals surface area contributed by atoms with Gasteiger partial charge in [-0.2, -0.15) is 0 Å². The Labute approximate surface area is 799 Å². The van der Waals surface area contributed by atoms with Crippen LogP contribution in [0.4, 0.5) is 91.8 Å². The van der Waals surface area contributed by atoms with Gasteiger partial charge in [-0.05, 0) is 232 Å². The van der Waals surface area contributed by atoms with Gasteiger partial charge < -0.3 is 56.4 Å². The second-order valence-electron chi connectivity index (χ2n) is 35.3. The van der Waals surface area contributed by atoms with E-state index in [9.17, 15) is 0 Å². The van der Waals surface area contributed by atoms with Crippen molar-refractivity contribution in [1.29, 1.82) is 0 Å². The summed E-state index contributed by atoms with van der Waals surface area (Å²) in [6.07, 6.45) is 22.6. The maximum Gasteiger partial charge on any atom is 0.227 e. The van der Waals surface area contributed by atoms with Crippen LogP contribution in [-0.4, -0.2) is 104 Å². The fourth-order valence-electron chi connectivity index (χ4n) is 20.6. The van der Waals surface area contributed by atoms with E-state index in [1.807, 2.05) is 128 Å². The highest BCUT2D eigenvalue weighted by Gasteiger charge is 2.44. The molecule has 680 valence electrons. The largest absolute Gasteiger partial charge is 0.435 e. The summed E-state index contributed by atoms with van der Waals surface area (Å²) in [7, 11) is 0. The van der Waals surface area contributed by atoms with Crippen molar-refractivity contribution < 1.29 is 26.2 Å². The summed E-state index contributed by atoms with van der Waals surface area (Å²) < 4.78 is 54.0. The van der Waals surface area contributed by atoms with E-state index >= 15 is 0 Å². The summed E-state index contributed by atoms with van der Waals surface area (Å²) in [5.74, 6) is 5.30. The van der Waals surface area contributed by atoms with Gasteiger partial charge in [0.1, 0.15) is 30.8 Å². The molecule has 8 aromatic carbocycles. The number of fused-ring (bicyclic) bond motifs is 19. The van der Waals surface area contributed by atoms with Crippen LogP contribution >= 0.6 is 0 Å². The van der Waals surface area contributed by atoms with E-state index in [1.54, 1.807) is 68.2 Å². The lowest BCUT2D eigenvalue weighted by molar-refractivity contribution is 0.383. The number of para-hydroxylation sites is 3. The summed E-state index contributed by atoms with van der Waals surface area (Å²) in [5.41, 5.74) is 23.4. The van der Waals surface area contributed by atoms with Gasteiger partial charge in [0.2, 0.25) is 28.6 Å². The van der Waals surface area contributed by atoms with Gasteiger partial charge in [-0.15, -0.1) is 0 Å². The van der Waals surface area contributed by atoms with Crippen LogP contribution < -0.4 is 44.1 Å². The predicted octanol–water partition coefficient (Wildman–Crippen LogP) is 27.0. The van der Waals surface area contributed by atoms with Crippen molar-refractivity contribution in [3.63, 3.8) is 0 Å². The standard InChI is InChI=1S/2C25H20N4O.C24H19N5O.C21H21N5O.C17H17N3O/c1-16-12-13-19-20-10-6-15-27-25(20)30-23(19)22(16)29-17(2)28(18-8-4-3-5-9-18)24-21(29)11-7-14-26-24;1-16-12-13-19-20-10-6-15-27-25(20)30-23(19)22(16)29-17(2)28(18-8-4-3-5-9-18)21-11-7-14-26-24(21)29;1-15-10-11-18-19-9-6-12-27-24(19)30-21(18)20(15)29-16(2)28(17-7-4-3-5-8-17)22-23(29)26-14-13-25-22;1-12(2)25-14(4)26(20-19(25)22-10-11-23-20)17-13(3)7-8-15-16-6-5-9-24-21(16)27-18(15)17;1-11-6-7-13-14-5-4-8-18-17(14)21-16(13)15(11)20-10-9-19(3)12(20)2/h2*3-15,17H,1-2H3;3-14,16H,1-2H3;5-12,14H,1-4H3;4-10,12H,1-3H3/i;;;;3D3. The van der Waals surface area contributed by atoms with Gasteiger partial charge in [0.05, 0.1) is 39.8 Å². The van der Waals surface area contributed by atoms with Crippen molar-refractivity contribution in [3.05, 3.63) is 345 Å². The SMILES string of the molecule is Cc1ccc2c(oc3ncccc32)c1N1c2cccnc2N(c2ccccc2)C1C.Cc1ccc2c(oc3ncccc32)c1N1c2ncccc2N(c2ccccc2)C1C.Cc1ccc2c(oc3ncccc32)c1N1c2nccnc2N(C(C)C)C1C.Cc1ccc2c(oc3ncccc32)c1N1c2nccnc2N(c2ccccc2)C1C.[2H]C([2H])([2H])N1C=CN(c2c(C)ccc3c2oc2ncccc23)C1C. The van der Waals surface area contributed by atoms with E-state index in [1.165, 1.54) is 4.90 Å². The molecule has 5 unspecified atom stereocenters. The van der Waals surface area contributed by atoms with Gasteiger partial charge in [0.15, 0.2) is 62.8 Å². The van der Waals surface area contributed by atoms with Gasteiger partial charge in [-0.1, -0.05) is 115 Å². The minimum Gasteiger partial charge on any atom is -0.435 e. The number of hydrogen-bond acceptors (Lipinski definition) is 26. The number of aryl methyl sites for hydroxylation is 5. The number of nitrogens with zero attached hydrogens (tertiary/aromatic N) is 21. The highest BCUT2D eigenvalue weighted by atomic mass is 16.4. The molecule has 0 bridgehead atoms.